The molecule has 72 heavy (non-hydrogen) atoms. The molecule has 2 heterocycles. The maximum absolute atomic E-state index is 15.8. The third-order valence-corrected chi connectivity index (χ3v) is 16.7. The van der Waals surface area contributed by atoms with Gasteiger partial charge in [0.15, 0.2) is 11.6 Å². The predicted octanol–water partition coefficient (Wildman–Crippen LogP) is 14.3. The lowest BCUT2D eigenvalue weighted by molar-refractivity contribution is 0.0974. The fourth-order valence-corrected chi connectivity index (χ4v) is 12.9. The van der Waals surface area contributed by atoms with E-state index in [1.165, 1.54) is 40.4 Å². The summed E-state index contributed by atoms with van der Waals surface area (Å²) in [7, 11) is -8.77. The highest BCUT2D eigenvalue weighted by molar-refractivity contribution is 7.54. The smallest absolute Gasteiger partial charge is 0.357 e. The molecular formula is C56H76N4O10P2. The Hall–Kier alpha value is -5.20. The van der Waals surface area contributed by atoms with Crippen LogP contribution in [0.2, 0.25) is 0 Å². The molecule has 0 fully saturated rings. The van der Waals surface area contributed by atoms with Crippen LogP contribution in [0, 0.1) is 0 Å². The molecule has 3 aromatic carbocycles. The molecule has 0 aliphatic heterocycles. The Balaban J connectivity index is 1.86. The molecule has 0 saturated heterocycles. The van der Waals surface area contributed by atoms with Gasteiger partial charge in [0.05, 0.1) is 26.4 Å². The number of aromatic hydroxyl groups is 2. The van der Waals surface area contributed by atoms with Crippen LogP contribution < -0.4 is 9.80 Å². The second kappa shape index (κ2) is 22.5. The number of nitrogens with zero attached hydrogens (tertiary/aromatic N) is 4. The Labute approximate surface area is 427 Å². The van der Waals surface area contributed by atoms with Gasteiger partial charge in [0.2, 0.25) is 0 Å². The van der Waals surface area contributed by atoms with E-state index in [0.29, 0.717) is 33.4 Å². The molecule has 16 heteroatoms. The van der Waals surface area contributed by atoms with E-state index in [2.05, 4.69) is 9.97 Å². The molecule has 5 rings (SSSR count). The van der Waals surface area contributed by atoms with Crippen molar-refractivity contribution < 1.29 is 47.0 Å². The fourth-order valence-electron chi connectivity index (χ4n) is 8.66. The minimum atomic E-state index is -4.39. The zero-order chi connectivity index (χ0) is 53.8. The molecule has 14 nitrogen and oxygen atoms in total. The molecule has 0 bridgehead atoms. The molecule has 2 aromatic heterocycles. The molecule has 0 radical (unpaired) electrons. The molecule has 5 aromatic rings. The second-order valence-corrected chi connectivity index (χ2v) is 25.9. The van der Waals surface area contributed by atoms with Crippen molar-refractivity contribution in [2.24, 2.45) is 0 Å². The first-order valence-electron chi connectivity index (χ1n) is 24.6. The van der Waals surface area contributed by atoms with Crippen LogP contribution in [0.3, 0.4) is 0 Å². The lowest BCUT2D eigenvalue weighted by atomic mass is 9.78. The Kier molecular flexibility index (Phi) is 18.0. The number of aromatic nitrogens is 2. The minimum absolute atomic E-state index is 0.00749. The first-order chi connectivity index (χ1) is 33.5. The van der Waals surface area contributed by atoms with E-state index in [1.807, 2.05) is 83.1 Å². The van der Waals surface area contributed by atoms with Gasteiger partial charge in [0.25, 0.3) is 11.8 Å². The van der Waals surface area contributed by atoms with E-state index >= 15 is 18.7 Å². The summed E-state index contributed by atoms with van der Waals surface area (Å²) in [5, 5.41) is 23.7. The van der Waals surface area contributed by atoms with Gasteiger partial charge < -0.3 is 28.3 Å². The Bertz CT molecular complexity index is 2520. The predicted molar refractivity (Wildman–Crippen MR) is 287 cm³/mol. The molecular weight excluding hydrogens is 951 g/mol. The normalized spacial score (nSPS) is 13.7. The largest absolute Gasteiger partial charge is 0.507 e. The Morgan fingerprint density at radius 3 is 1.01 bits per heavy atom. The van der Waals surface area contributed by atoms with Crippen LogP contribution in [0.25, 0.3) is 0 Å². The Morgan fingerprint density at radius 2 is 0.778 bits per heavy atom. The summed E-state index contributed by atoms with van der Waals surface area (Å²) in [4.78, 5) is 43.4. The van der Waals surface area contributed by atoms with Gasteiger partial charge in [-0.15, -0.1) is 0 Å². The van der Waals surface area contributed by atoms with Crippen molar-refractivity contribution in [2.45, 2.75) is 144 Å². The summed E-state index contributed by atoms with van der Waals surface area (Å²) in [6.07, 6.45) is 3.02. The summed E-state index contributed by atoms with van der Waals surface area (Å²) in [6, 6.07) is 23.0. The number of phenols is 2. The standard InChI is InChI=1S/C56H76N4O10P2/c1-17-67-71(65,68-18-2)51(39-33-41(53(5,6)7)47(61)42(34-39)54(8,9)10)59(45-28-21-23-30-57-45)49(63)37-26-25-27-38(32-37)50(64)60(46-29-22-24-31-58-46)52(72(66,69-19-3)70-20-4)40-35-43(55(11,12)13)48(62)44(36-40)56(14,15)16/h21-36,51-52,61-62H,17-20H2,1-16H3. The van der Waals surface area contributed by atoms with Crippen LogP contribution in [0.15, 0.2) is 97.3 Å². The quantitative estimate of drug-likeness (QED) is 0.0795. The summed E-state index contributed by atoms with van der Waals surface area (Å²) < 4.78 is 55.7. The van der Waals surface area contributed by atoms with Gasteiger partial charge in [0, 0.05) is 23.5 Å². The third kappa shape index (κ3) is 12.6. The van der Waals surface area contributed by atoms with Crippen molar-refractivity contribution >= 4 is 38.6 Å². The lowest BCUT2D eigenvalue weighted by Gasteiger charge is -2.38. The number of carbonyl (C=O) groups is 2. The lowest BCUT2D eigenvalue weighted by Crippen LogP contribution is -2.38. The maximum Gasteiger partial charge on any atom is 0.357 e. The zero-order valence-electron chi connectivity index (χ0n) is 45.1. The van der Waals surface area contributed by atoms with Crippen LogP contribution in [0.5, 0.6) is 11.5 Å². The van der Waals surface area contributed by atoms with E-state index in [-0.39, 0.29) is 60.7 Å². The molecule has 0 aliphatic carbocycles. The van der Waals surface area contributed by atoms with E-state index in [4.69, 9.17) is 18.1 Å². The van der Waals surface area contributed by atoms with Gasteiger partial charge in [0.1, 0.15) is 23.1 Å². The highest BCUT2D eigenvalue weighted by atomic mass is 31.2. The SMILES string of the molecule is CCOP(=O)(OCC)C(c1cc(C(C)(C)C)c(O)c(C(C)(C)C)c1)N(C(=O)c1cccc(C(=O)N(c2ccccn2)C(c2cc(C(C)(C)C)c(O)c(C(C)(C)C)c2)P(=O)(OCC)OCC)c1)c1ccccn1. The highest BCUT2D eigenvalue weighted by Crippen LogP contribution is 2.65. The molecule has 2 N–H and O–H groups in total. The van der Waals surface area contributed by atoms with Gasteiger partial charge in [-0.25, -0.2) is 9.97 Å². The van der Waals surface area contributed by atoms with Gasteiger partial charge in [-0.3, -0.25) is 28.5 Å². The number of hydrogen-bond donors (Lipinski definition) is 2. The number of carbonyl (C=O) groups excluding carboxylic acids is 2. The first kappa shape index (κ1) is 57.7. The number of benzene rings is 3. The van der Waals surface area contributed by atoms with E-state index in [0.717, 1.165) is 0 Å². The zero-order valence-corrected chi connectivity index (χ0v) is 46.9. The van der Waals surface area contributed by atoms with Crippen LogP contribution >= 0.6 is 15.2 Å². The van der Waals surface area contributed by atoms with E-state index < -0.39 is 60.2 Å². The highest BCUT2D eigenvalue weighted by Gasteiger charge is 2.48. The van der Waals surface area contributed by atoms with Crippen LogP contribution in [0.4, 0.5) is 11.6 Å². The van der Waals surface area contributed by atoms with Gasteiger partial charge >= 0.3 is 15.2 Å². The second-order valence-electron chi connectivity index (χ2n) is 21.7. The van der Waals surface area contributed by atoms with E-state index in [1.54, 1.807) is 94.4 Å². The van der Waals surface area contributed by atoms with Crippen LogP contribution in [-0.2, 0) is 48.9 Å². The number of rotatable bonds is 18. The van der Waals surface area contributed by atoms with Crippen molar-refractivity contribution in [1.82, 2.24) is 9.97 Å². The summed E-state index contributed by atoms with van der Waals surface area (Å²) in [5.74, 6) is -4.00. The fraction of sp³-hybridized carbons (Fsp3) is 0.464. The van der Waals surface area contributed by atoms with Gasteiger partial charge in [-0.1, -0.05) is 101 Å². The summed E-state index contributed by atoms with van der Waals surface area (Å²) in [5.41, 5.74) is 0.449. The maximum atomic E-state index is 15.8. The number of anilines is 2. The van der Waals surface area contributed by atoms with Gasteiger partial charge in [-0.05, 0) is 149 Å². The summed E-state index contributed by atoms with van der Waals surface area (Å²) >= 11 is 0. The van der Waals surface area contributed by atoms with Gasteiger partial charge in [-0.2, -0.15) is 0 Å². The average Bonchev–Trinajstić information content (AvgIpc) is 3.29. The van der Waals surface area contributed by atoms with E-state index in [9.17, 15) is 10.2 Å². The van der Waals surface area contributed by atoms with Crippen molar-refractivity contribution in [3.8, 4) is 11.5 Å². The monoisotopic (exact) mass is 1030 g/mol. The van der Waals surface area contributed by atoms with Crippen LogP contribution in [-0.4, -0.2) is 58.4 Å². The number of phenolic OH excluding ortho intramolecular Hbond substituents is 2. The number of pyridine rings is 2. The molecule has 0 aliphatic rings. The molecule has 390 valence electrons. The van der Waals surface area contributed by atoms with Crippen molar-refractivity contribution in [3.05, 3.63) is 142 Å². The van der Waals surface area contributed by atoms with Crippen molar-refractivity contribution in [2.75, 3.05) is 36.2 Å². The number of hydrogen-bond acceptors (Lipinski definition) is 12. The first-order valence-corrected chi connectivity index (χ1v) is 27.8. The van der Waals surface area contributed by atoms with Crippen LogP contribution in [0.1, 0.15) is 176 Å². The molecule has 0 spiro atoms. The molecule has 2 atom stereocenters. The molecule has 2 amide bonds. The number of amides is 2. The topological polar surface area (TPSA) is 178 Å². The van der Waals surface area contributed by atoms with Crippen molar-refractivity contribution in [3.63, 3.8) is 0 Å². The molecule has 2 unspecified atom stereocenters. The van der Waals surface area contributed by atoms with Crippen molar-refractivity contribution in [1.29, 1.82) is 0 Å². The Morgan fingerprint density at radius 1 is 0.486 bits per heavy atom. The summed E-state index contributed by atoms with van der Waals surface area (Å²) in [6.45, 7) is 30.1. The minimum Gasteiger partial charge on any atom is -0.507 e. The third-order valence-electron chi connectivity index (χ3n) is 12.0. The average molecular weight is 1030 g/mol. The molecule has 0 saturated carbocycles.